The molecule has 0 spiro atoms. The second-order valence-electron chi connectivity index (χ2n) is 3.83. The van der Waals surface area contributed by atoms with Crippen molar-refractivity contribution in [3.63, 3.8) is 0 Å². The van der Waals surface area contributed by atoms with Gasteiger partial charge in [-0.3, -0.25) is 4.79 Å². The molecule has 0 fully saturated rings. The van der Waals surface area contributed by atoms with Crippen LogP contribution in [0.1, 0.15) is 30.9 Å². The summed E-state index contributed by atoms with van der Waals surface area (Å²) in [5, 5.41) is 9.09. The number of benzene rings is 1. The van der Waals surface area contributed by atoms with Gasteiger partial charge in [0, 0.05) is 6.92 Å². The zero-order chi connectivity index (χ0) is 12.1. The molecule has 0 aromatic heterocycles. The van der Waals surface area contributed by atoms with Gasteiger partial charge in [-0.15, -0.1) is 0 Å². The second-order valence-corrected chi connectivity index (χ2v) is 3.83. The largest absolute Gasteiger partial charge is 0.461 e. The van der Waals surface area contributed by atoms with Crippen molar-refractivity contribution < 1.29 is 9.53 Å². The van der Waals surface area contributed by atoms with Gasteiger partial charge >= 0.3 is 5.97 Å². The molecule has 0 saturated carbocycles. The minimum Gasteiger partial charge on any atom is -0.461 e. The molecule has 16 heavy (non-hydrogen) atoms. The number of hydrogen-bond donors (Lipinski definition) is 0. The molecule has 0 heterocycles. The van der Waals surface area contributed by atoms with E-state index in [0.29, 0.717) is 0 Å². The number of carbonyl (C=O) groups is 1. The molecule has 2 unspecified atom stereocenters. The highest BCUT2D eigenvalue weighted by molar-refractivity contribution is 5.66. The van der Waals surface area contributed by atoms with E-state index >= 15 is 0 Å². The SMILES string of the molecule is CC(=O)OC(C)C(C#N)c1ccc(C)cc1. The molecule has 3 nitrogen and oxygen atoms in total. The fraction of sp³-hybridized carbons (Fsp3) is 0.385. The van der Waals surface area contributed by atoms with Gasteiger partial charge in [-0.05, 0) is 19.4 Å². The highest BCUT2D eigenvalue weighted by atomic mass is 16.5. The third kappa shape index (κ3) is 3.09. The summed E-state index contributed by atoms with van der Waals surface area (Å²) >= 11 is 0. The number of rotatable bonds is 3. The third-order valence-corrected chi connectivity index (χ3v) is 2.40. The smallest absolute Gasteiger partial charge is 0.302 e. The maximum atomic E-state index is 10.8. The van der Waals surface area contributed by atoms with Crippen molar-refractivity contribution in [2.24, 2.45) is 0 Å². The van der Waals surface area contributed by atoms with E-state index < -0.39 is 12.0 Å². The Morgan fingerprint density at radius 1 is 1.38 bits per heavy atom. The van der Waals surface area contributed by atoms with Crippen LogP contribution in [0.15, 0.2) is 24.3 Å². The molecule has 1 aromatic rings. The first kappa shape index (κ1) is 12.3. The molecule has 0 aliphatic rings. The molecule has 1 rings (SSSR count). The van der Waals surface area contributed by atoms with Crippen LogP contribution in [0.3, 0.4) is 0 Å². The summed E-state index contributed by atoms with van der Waals surface area (Å²) in [4.78, 5) is 10.8. The Balaban J connectivity index is 2.86. The van der Waals surface area contributed by atoms with Crippen molar-refractivity contribution in [2.75, 3.05) is 0 Å². The highest BCUT2D eigenvalue weighted by Gasteiger charge is 2.21. The molecule has 0 saturated heterocycles. The van der Waals surface area contributed by atoms with Gasteiger partial charge in [0.15, 0.2) is 0 Å². The Bertz CT molecular complexity index is 403. The van der Waals surface area contributed by atoms with E-state index in [9.17, 15) is 4.79 Å². The van der Waals surface area contributed by atoms with Crippen molar-refractivity contribution >= 4 is 5.97 Å². The van der Waals surface area contributed by atoms with Gasteiger partial charge < -0.3 is 4.74 Å². The minimum atomic E-state index is -0.426. The summed E-state index contributed by atoms with van der Waals surface area (Å²) < 4.78 is 5.03. The summed E-state index contributed by atoms with van der Waals surface area (Å²) in [7, 11) is 0. The Kier molecular flexibility index (Phi) is 4.07. The van der Waals surface area contributed by atoms with Crippen LogP contribution in [0.2, 0.25) is 0 Å². The summed E-state index contributed by atoms with van der Waals surface area (Å²) in [6, 6.07) is 9.84. The van der Waals surface area contributed by atoms with Gasteiger partial charge in [-0.2, -0.15) is 5.26 Å². The van der Waals surface area contributed by atoms with E-state index in [1.54, 1.807) is 6.92 Å². The summed E-state index contributed by atoms with van der Waals surface area (Å²) in [5.41, 5.74) is 2.02. The number of nitrogens with zero attached hydrogens (tertiary/aromatic N) is 1. The summed E-state index contributed by atoms with van der Waals surface area (Å²) in [6.07, 6.45) is -0.426. The Hall–Kier alpha value is -1.82. The molecule has 0 radical (unpaired) electrons. The lowest BCUT2D eigenvalue weighted by atomic mass is 9.95. The van der Waals surface area contributed by atoms with Gasteiger partial charge in [0.1, 0.15) is 12.0 Å². The van der Waals surface area contributed by atoms with Crippen molar-refractivity contribution in [1.82, 2.24) is 0 Å². The predicted octanol–water partition coefficient (Wildman–Crippen LogP) is 2.55. The predicted molar refractivity (Wildman–Crippen MR) is 60.8 cm³/mol. The van der Waals surface area contributed by atoms with Crippen molar-refractivity contribution in [1.29, 1.82) is 5.26 Å². The van der Waals surface area contributed by atoms with Crippen LogP contribution in [-0.2, 0) is 9.53 Å². The molecular weight excluding hydrogens is 202 g/mol. The molecule has 1 aromatic carbocycles. The van der Waals surface area contributed by atoms with Gasteiger partial charge in [0.2, 0.25) is 0 Å². The van der Waals surface area contributed by atoms with Crippen LogP contribution < -0.4 is 0 Å². The lowest BCUT2D eigenvalue weighted by Gasteiger charge is -2.17. The maximum absolute atomic E-state index is 10.8. The van der Waals surface area contributed by atoms with E-state index in [2.05, 4.69) is 6.07 Å². The molecule has 0 aliphatic carbocycles. The van der Waals surface area contributed by atoms with Crippen LogP contribution >= 0.6 is 0 Å². The number of nitriles is 1. The van der Waals surface area contributed by atoms with Crippen LogP contribution in [0.5, 0.6) is 0 Å². The quantitative estimate of drug-likeness (QED) is 0.731. The Morgan fingerprint density at radius 3 is 2.38 bits per heavy atom. The average Bonchev–Trinajstić information content (AvgIpc) is 2.21. The van der Waals surface area contributed by atoms with E-state index in [1.807, 2.05) is 31.2 Å². The topological polar surface area (TPSA) is 50.1 Å². The molecule has 2 atom stereocenters. The molecule has 84 valence electrons. The van der Waals surface area contributed by atoms with E-state index in [0.717, 1.165) is 11.1 Å². The average molecular weight is 217 g/mol. The van der Waals surface area contributed by atoms with Crippen molar-refractivity contribution in [2.45, 2.75) is 32.8 Å². The van der Waals surface area contributed by atoms with E-state index in [4.69, 9.17) is 10.00 Å². The fourth-order valence-electron chi connectivity index (χ4n) is 1.55. The number of hydrogen-bond acceptors (Lipinski definition) is 3. The summed E-state index contributed by atoms with van der Waals surface area (Å²) in [6.45, 7) is 5.07. The van der Waals surface area contributed by atoms with Crippen molar-refractivity contribution in [3.8, 4) is 6.07 Å². The van der Waals surface area contributed by atoms with Crippen LogP contribution in [0.25, 0.3) is 0 Å². The molecule has 0 amide bonds. The minimum absolute atomic E-state index is 0.361. The number of carbonyl (C=O) groups excluding carboxylic acids is 1. The normalized spacial score (nSPS) is 13.6. The monoisotopic (exact) mass is 217 g/mol. The first-order valence-corrected chi connectivity index (χ1v) is 5.18. The van der Waals surface area contributed by atoms with Crippen LogP contribution in [0.4, 0.5) is 0 Å². The van der Waals surface area contributed by atoms with Gasteiger partial charge in [-0.1, -0.05) is 29.8 Å². The standard InChI is InChI=1S/C13H15NO2/c1-9-4-6-12(7-5-9)13(8-14)10(2)16-11(3)15/h4-7,10,13H,1-3H3. The third-order valence-electron chi connectivity index (χ3n) is 2.40. The molecule has 0 aliphatic heterocycles. The Labute approximate surface area is 95.7 Å². The molecule has 0 N–H and O–H groups in total. The van der Waals surface area contributed by atoms with Gasteiger partial charge in [0.05, 0.1) is 6.07 Å². The molecule has 0 bridgehead atoms. The zero-order valence-electron chi connectivity index (χ0n) is 9.73. The number of esters is 1. The van der Waals surface area contributed by atoms with Crippen molar-refractivity contribution in [3.05, 3.63) is 35.4 Å². The maximum Gasteiger partial charge on any atom is 0.302 e. The lowest BCUT2D eigenvalue weighted by Crippen LogP contribution is -2.20. The summed E-state index contributed by atoms with van der Waals surface area (Å²) in [5.74, 6) is -0.774. The van der Waals surface area contributed by atoms with Crippen LogP contribution in [-0.4, -0.2) is 12.1 Å². The first-order valence-electron chi connectivity index (χ1n) is 5.18. The second kappa shape index (κ2) is 5.32. The molecular formula is C13H15NO2. The lowest BCUT2D eigenvalue weighted by molar-refractivity contribution is -0.145. The first-order chi connectivity index (χ1) is 7.54. The van der Waals surface area contributed by atoms with E-state index in [-0.39, 0.29) is 5.97 Å². The Morgan fingerprint density at radius 2 is 1.94 bits per heavy atom. The number of ether oxygens (including phenoxy) is 1. The van der Waals surface area contributed by atoms with Crippen LogP contribution in [0, 0.1) is 18.3 Å². The van der Waals surface area contributed by atoms with Gasteiger partial charge in [-0.25, -0.2) is 0 Å². The number of aryl methyl sites for hydroxylation is 1. The van der Waals surface area contributed by atoms with E-state index in [1.165, 1.54) is 6.92 Å². The highest BCUT2D eigenvalue weighted by Crippen LogP contribution is 2.21. The fourth-order valence-corrected chi connectivity index (χ4v) is 1.55. The van der Waals surface area contributed by atoms with Gasteiger partial charge in [0.25, 0.3) is 0 Å². The zero-order valence-corrected chi connectivity index (χ0v) is 9.73. The molecule has 3 heteroatoms.